The second-order valence-electron chi connectivity index (χ2n) is 6.42. The molecule has 6 nitrogen and oxygen atoms in total. The largest absolute Gasteiger partial charge is 0.340 e. The van der Waals surface area contributed by atoms with E-state index in [9.17, 15) is 9.59 Å². The molecule has 2 aliphatic rings. The number of amides is 2. The molecule has 0 aromatic carbocycles. The van der Waals surface area contributed by atoms with E-state index in [-0.39, 0.29) is 18.4 Å². The number of nitrogens with one attached hydrogen (secondary N) is 1. The Morgan fingerprint density at radius 3 is 3.00 bits per heavy atom. The summed E-state index contributed by atoms with van der Waals surface area (Å²) in [4.78, 5) is 28.1. The van der Waals surface area contributed by atoms with E-state index in [0.29, 0.717) is 12.3 Å². The van der Waals surface area contributed by atoms with E-state index in [1.165, 1.54) is 0 Å². The van der Waals surface area contributed by atoms with Gasteiger partial charge in [0.25, 0.3) is 0 Å². The van der Waals surface area contributed by atoms with Crippen LogP contribution in [-0.4, -0.2) is 58.0 Å². The van der Waals surface area contributed by atoms with Crippen LogP contribution in [0.3, 0.4) is 0 Å². The van der Waals surface area contributed by atoms with E-state index < -0.39 is 0 Å². The molecule has 1 N–H and O–H groups in total. The lowest BCUT2D eigenvalue weighted by molar-refractivity contribution is -0.139. The number of rotatable bonds is 3. The second-order valence-corrected chi connectivity index (χ2v) is 6.42. The Hall–Kier alpha value is -1.85. The van der Waals surface area contributed by atoms with E-state index in [1.807, 2.05) is 18.0 Å². The van der Waals surface area contributed by atoms with Crippen LogP contribution in [-0.2, 0) is 9.59 Å². The fraction of sp³-hybridized carbons (Fsp3) is 0.688. The Morgan fingerprint density at radius 2 is 2.23 bits per heavy atom. The SMILES string of the molecule is Cc1cn[nH]c1[C@H]1CCN(C(=O)CN2CCCCCC2=O)C1. The van der Waals surface area contributed by atoms with Crippen molar-refractivity contribution in [3.8, 4) is 0 Å². The Balaban J connectivity index is 1.57. The molecule has 2 fully saturated rings. The lowest BCUT2D eigenvalue weighted by Crippen LogP contribution is -2.41. The van der Waals surface area contributed by atoms with Crippen LogP contribution >= 0.6 is 0 Å². The fourth-order valence-corrected chi connectivity index (χ4v) is 3.46. The molecule has 3 heterocycles. The van der Waals surface area contributed by atoms with Crippen LogP contribution in [0.5, 0.6) is 0 Å². The standard InChI is InChI=1S/C16H24N4O2/c1-12-9-17-18-16(12)13-6-8-20(10-13)15(22)11-19-7-4-2-3-5-14(19)21/h9,13H,2-8,10-11H2,1H3,(H,17,18)/t13-/m0/s1. The number of carbonyl (C=O) groups is 2. The summed E-state index contributed by atoms with van der Waals surface area (Å²) in [6.07, 6.45) is 6.42. The summed E-state index contributed by atoms with van der Waals surface area (Å²) in [7, 11) is 0. The average molecular weight is 304 g/mol. The van der Waals surface area contributed by atoms with Gasteiger partial charge in [0.1, 0.15) is 0 Å². The van der Waals surface area contributed by atoms with Crippen molar-refractivity contribution < 1.29 is 9.59 Å². The van der Waals surface area contributed by atoms with Crippen LogP contribution in [0.2, 0.25) is 0 Å². The summed E-state index contributed by atoms with van der Waals surface area (Å²) in [5.41, 5.74) is 2.29. The molecule has 2 saturated heterocycles. The number of aromatic amines is 1. The summed E-state index contributed by atoms with van der Waals surface area (Å²) in [6, 6.07) is 0. The van der Waals surface area contributed by atoms with E-state index in [2.05, 4.69) is 10.2 Å². The molecule has 0 bridgehead atoms. The van der Waals surface area contributed by atoms with Crippen molar-refractivity contribution in [3.63, 3.8) is 0 Å². The number of nitrogens with zero attached hydrogens (tertiary/aromatic N) is 3. The highest BCUT2D eigenvalue weighted by Crippen LogP contribution is 2.27. The lowest BCUT2D eigenvalue weighted by atomic mass is 10.0. The van der Waals surface area contributed by atoms with Gasteiger partial charge in [-0.2, -0.15) is 5.10 Å². The number of H-pyrrole nitrogens is 1. The third-order valence-corrected chi connectivity index (χ3v) is 4.81. The van der Waals surface area contributed by atoms with Crippen LogP contribution in [0.25, 0.3) is 0 Å². The molecule has 0 spiro atoms. The Bertz CT molecular complexity index is 554. The predicted octanol–water partition coefficient (Wildman–Crippen LogP) is 1.44. The molecule has 0 aliphatic carbocycles. The smallest absolute Gasteiger partial charge is 0.242 e. The first-order valence-electron chi connectivity index (χ1n) is 8.20. The van der Waals surface area contributed by atoms with Crippen LogP contribution in [0.4, 0.5) is 0 Å². The van der Waals surface area contributed by atoms with Crippen molar-refractivity contribution in [1.29, 1.82) is 0 Å². The van der Waals surface area contributed by atoms with Gasteiger partial charge in [-0.05, 0) is 31.7 Å². The minimum Gasteiger partial charge on any atom is -0.340 e. The van der Waals surface area contributed by atoms with Crippen molar-refractivity contribution >= 4 is 11.8 Å². The van der Waals surface area contributed by atoms with E-state index in [0.717, 1.165) is 56.6 Å². The van der Waals surface area contributed by atoms with Gasteiger partial charge < -0.3 is 9.80 Å². The van der Waals surface area contributed by atoms with Gasteiger partial charge in [0.05, 0.1) is 12.7 Å². The van der Waals surface area contributed by atoms with Gasteiger partial charge in [-0.3, -0.25) is 14.7 Å². The zero-order valence-corrected chi connectivity index (χ0v) is 13.2. The lowest BCUT2D eigenvalue weighted by Gasteiger charge is -2.24. The van der Waals surface area contributed by atoms with Crippen molar-refractivity contribution in [2.24, 2.45) is 0 Å². The maximum absolute atomic E-state index is 12.5. The first kappa shape index (κ1) is 15.1. The molecule has 22 heavy (non-hydrogen) atoms. The first-order valence-corrected chi connectivity index (χ1v) is 8.20. The zero-order chi connectivity index (χ0) is 15.5. The molecule has 6 heteroatoms. The number of hydrogen-bond acceptors (Lipinski definition) is 3. The Labute approximate surface area is 130 Å². The second kappa shape index (κ2) is 6.50. The summed E-state index contributed by atoms with van der Waals surface area (Å²) in [6.45, 7) is 4.50. The van der Waals surface area contributed by atoms with Crippen molar-refractivity contribution in [1.82, 2.24) is 20.0 Å². The van der Waals surface area contributed by atoms with Crippen molar-refractivity contribution in [3.05, 3.63) is 17.5 Å². The molecule has 120 valence electrons. The van der Waals surface area contributed by atoms with E-state index in [1.54, 1.807) is 4.90 Å². The van der Waals surface area contributed by atoms with Crippen molar-refractivity contribution in [2.45, 2.75) is 44.9 Å². The van der Waals surface area contributed by atoms with Gasteiger partial charge in [-0.15, -0.1) is 0 Å². The van der Waals surface area contributed by atoms with E-state index in [4.69, 9.17) is 0 Å². The normalized spacial score (nSPS) is 23.0. The molecular formula is C16H24N4O2. The maximum atomic E-state index is 12.5. The van der Waals surface area contributed by atoms with Crippen LogP contribution in [0.1, 0.15) is 49.3 Å². The van der Waals surface area contributed by atoms with E-state index >= 15 is 0 Å². The molecule has 2 aliphatic heterocycles. The highest BCUT2D eigenvalue weighted by molar-refractivity contribution is 5.85. The number of hydrogen-bond donors (Lipinski definition) is 1. The zero-order valence-electron chi connectivity index (χ0n) is 13.2. The predicted molar refractivity (Wildman–Crippen MR) is 82.3 cm³/mol. The van der Waals surface area contributed by atoms with Gasteiger partial charge in [-0.25, -0.2) is 0 Å². The molecule has 1 aromatic heterocycles. The topological polar surface area (TPSA) is 69.3 Å². The maximum Gasteiger partial charge on any atom is 0.242 e. The molecule has 2 amide bonds. The molecular weight excluding hydrogens is 280 g/mol. The molecule has 1 aromatic rings. The highest BCUT2D eigenvalue weighted by atomic mass is 16.2. The average Bonchev–Trinajstić information content (AvgIpc) is 3.09. The summed E-state index contributed by atoms with van der Waals surface area (Å²) < 4.78 is 0. The van der Waals surface area contributed by atoms with Crippen molar-refractivity contribution in [2.75, 3.05) is 26.2 Å². The molecule has 1 atom stereocenters. The van der Waals surface area contributed by atoms with Gasteiger partial charge in [0.2, 0.25) is 11.8 Å². The van der Waals surface area contributed by atoms with Crippen LogP contribution < -0.4 is 0 Å². The summed E-state index contributed by atoms with van der Waals surface area (Å²) in [5.74, 6) is 0.548. The van der Waals surface area contributed by atoms with Gasteiger partial charge in [0.15, 0.2) is 0 Å². The first-order chi connectivity index (χ1) is 10.6. The molecule has 0 unspecified atom stereocenters. The number of likely N-dealkylation sites (tertiary alicyclic amines) is 2. The number of aromatic nitrogens is 2. The van der Waals surface area contributed by atoms with Gasteiger partial charge in [0, 0.05) is 37.7 Å². The minimum absolute atomic E-state index is 0.0786. The van der Waals surface area contributed by atoms with Gasteiger partial charge >= 0.3 is 0 Å². The third-order valence-electron chi connectivity index (χ3n) is 4.81. The number of aryl methyl sites for hydroxylation is 1. The monoisotopic (exact) mass is 304 g/mol. The Kier molecular flexibility index (Phi) is 4.45. The summed E-state index contributed by atoms with van der Waals surface area (Å²) >= 11 is 0. The highest BCUT2D eigenvalue weighted by Gasteiger charge is 2.30. The number of carbonyl (C=O) groups excluding carboxylic acids is 2. The quantitative estimate of drug-likeness (QED) is 0.918. The van der Waals surface area contributed by atoms with Gasteiger partial charge in [-0.1, -0.05) is 6.42 Å². The molecule has 0 radical (unpaired) electrons. The minimum atomic E-state index is 0.0786. The van der Waals surface area contributed by atoms with Crippen LogP contribution in [0, 0.1) is 6.92 Å². The Morgan fingerprint density at radius 1 is 1.36 bits per heavy atom. The fourth-order valence-electron chi connectivity index (χ4n) is 3.46. The molecule has 0 saturated carbocycles. The molecule has 3 rings (SSSR count). The third kappa shape index (κ3) is 3.15. The van der Waals surface area contributed by atoms with Crippen LogP contribution in [0.15, 0.2) is 6.20 Å². The summed E-state index contributed by atoms with van der Waals surface area (Å²) in [5, 5.41) is 7.12.